The molecule has 1 aromatic carbocycles. The number of hydrogen-bond donors (Lipinski definition) is 1. The van der Waals surface area contributed by atoms with Crippen LogP contribution in [-0.4, -0.2) is 5.11 Å². The van der Waals surface area contributed by atoms with Gasteiger partial charge in [-0.25, -0.2) is 0 Å². The molecule has 0 amide bonds. The molecule has 0 radical (unpaired) electrons. The zero-order valence-electron chi connectivity index (χ0n) is 8.98. The maximum absolute atomic E-state index is 10.4. The van der Waals surface area contributed by atoms with E-state index in [0.717, 1.165) is 14.9 Å². The van der Waals surface area contributed by atoms with Crippen molar-refractivity contribution >= 4 is 27.3 Å². The van der Waals surface area contributed by atoms with Crippen LogP contribution in [0.2, 0.25) is 0 Å². The molecule has 0 aliphatic heterocycles. The lowest BCUT2D eigenvalue weighted by molar-refractivity contribution is 0.0615. The largest absolute Gasteiger partial charge is 0.384 e. The number of aliphatic hydroxyl groups is 1. The molecule has 0 saturated heterocycles. The molecule has 3 heteroatoms. The first kappa shape index (κ1) is 11.8. The Labute approximate surface area is 108 Å². The average Bonchev–Trinajstić information content (AvgIpc) is 2.75. The van der Waals surface area contributed by atoms with Crippen molar-refractivity contribution in [2.24, 2.45) is 0 Å². The van der Waals surface area contributed by atoms with Crippen LogP contribution in [0.4, 0.5) is 0 Å². The van der Waals surface area contributed by atoms with Crippen molar-refractivity contribution in [3.8, 4) is 0 Å². The molecule has 0 fully saturated rings. The van der Waals surface area contributed by atoms with Crippen molar-refractivity contribution in [3.05, 3.63) is 56.7 Å². The van der Waals surface area contributed by atoms with Gasteiger partial charge < -0.3 is 5.11 Å². The SMILES string of the molecule is CC(O)(Cc1ccc(Br)cc1)c1cccs1. The van der Waals surface area contributed by atoms with Gasteiger partial charge in [-0.2, -0.15) is 0 Å². The van der Waals surface area contributed by atoms with E-state index in [-0.39, 0.29) is 0 Å². The maximum Gasteiger partial charge on any atom is 0.0999 e. The van der Waals surface area contributed by atoms with E-state index in [1.165, 1.54) is 0 Å². The smallest absolute Gasteiger partial charge is 0.0999 e. The quantitative estimate of drug-likeness (QED) is 0.909. The zero-order valence-corrected chi connectivity index (χ0v) is 11.4. The highest BCUT2D eigenvalue weighted by atomic mass is 79.9. The van der Waals surface area contributed by atoms with Gasteiger partial charge in [-0.05, 0) is 36.1 Å². The molecular formula is C13H13BrOS. The van der Waals surface area contributed by atoms with Gasteiger partial charge >= 0.3 is 0 Å². The predicted molar refractivity (Wildman–Crippen MR) is 71.7 cm³/mol. The van der Waals surface area contributed by atoms with Gasteiger partial charge in [0.15, 0.2) is 0 Å². The molecule has 84 valence electrons. The summed E-state index contributed by atoms with van der Waals surface area (Å²) < 4.78 is 1.06. The Morgan fingerprint density at radius 3 is 2.50 bits per heavy atom. The normalized spacial score (nSPS) is 14.7. The second-order valence-electron chi connectivity index (χ2n) is 4.05. The molecule has 1 unspecified atom stereocenters. The fraction of sp³-hybridized carbons (Fsp3) is 0.231. The number of hydrogen-bond acceptors (Lipinski definition) is 2. The van der Waals surface area contributed by atoms with Gasteiger partial charge in [0, 0.05) is 15.8 Å². The summed E-state index contributed by atoms with van der Waals surface area (Å²) in [6, 6.07) is 12.0. The van der Waals surface area contributed by atoms with E-state index in [1.807, 2.05) is 48.7 Å². The summed E-state index contributed by atoms with van der Waals surface area (Å²) in [5, 5.41) is 12.4. The fourth-order valence-electron chi connectivity index (χ4n) is 1.67. The summed E-state index contributed by atoms with van der Waals surface area (Å²) in [7, 11) is 0. The van der Waals surface area contributed by atoms with Gasteiger partial charge in [-0.1, -0.05) is 34.1 Å². The number of rotatable bonds is 3. The second-order valence-corrected chi connectivity index (χ2v) is 5.92. The summed E-state index contributed by atoms with van der Waals surface area (Å²) in [6.07, 6.45) is 0.640. The van der Waals surface area contributed by atoms with Crippen LogP contribution >= 0.6 is 27.3 Å². The third-order valence-electron chi connectivity index (χ3n) is 2.51. The molecule has 1 heterocycles. The van der Waals surface area contributed by atoms with Crippen molar-refractivity contribution in [2.45, 2.75) is 18.9 Å². The van der Waals surface area contributed by atoms with E-state index in [1.54, 1.807) is 11.3 Å². The molecule has 2 aromatic rings. The van der Waals surface area contributed by atoms with Crippen LogP contribution in [0.15, 0.2) is 46.3 Å². The van der Waals surface area contributed by atoms with Crippen molar-refractivity contribution in [2.75, 3.05) is 0 Å². The molecule has 0 saturated carbocycles. The van der Waals surface area contributed by atoms with Crippen LogP contribution in [0.1, 0.15) is 17.4 Å². The molecular weight excluding hydrogens is 284 g/mol. The van der Waals surface area contributed by atoms with E-state index < -0.39 is 5.60 Å². The lowest BCUT2D eigenvalue weighted by Crippen LogP contribution is -2.22. The second kappa shape index (κ2) is 4.70. The Balaban J connectivity index is 2.18. The van der Waals surface area contributed by atoms with E-state index in [0.29, 0.717) is 6.42 Å². The minimum atomic E-state index is -0.776. The van der Waals surface area contributed by atoms with E-state index in [4.69, 9.17) is 0 Å². The molecule has 0 bridgehead atoms. The molecule has 0 aliphatic carbocycles. The highest BCUT2D eigenvalue weighted by Crippen LogP contribution is 2.29. The number of thiophene rings is 1. The van der Waals surface area contributed by atoms with E-state index in [2.05, 4.69) is 15.9 Å². The maximum atomic E-state index is 10.4. The first-order valence-corrected chi connectivity index (χ1v) is 6.76. The van der Waals surface area contributed by atoms with Crippen molar-refractivity contribution < 1.29 is 5.11 Å². The summed E-state index contributed by atoms with van der Waals surface area (Å²) >= 11 is 5.00. The highest BCUT2D eigenvalue weighted by molar-refractivity contribution is 9.10. The summed E-state index contributed by atoms with van der Waals surface area (Å²) in [5.41, 5.74) is 0.365. The van der Waals surface area contributed by atoms with Crippen LogP contribution in [0.5, 0.6) is 0 Å². The van der Waals surface area contributed by atoms with Gasteiger partial charge in [-0.15, -0.1) is 11.3 Å². The summed E-state index contributed by atoms with van der Waals surface area (Å²) in [5.74, 6) is 0. The van der Waals surface area contributed by atoms with E-state index in [9.17, 15) is 5.11 Å². The highest BCUT2D eigenvalue weighted by Gasteiger charge is 2.24. The number of halogens is 1. The van der Waals surface area contributed by atoms with Crippen LogP contribution < -0.4 is 0 Å². The van der Waals surface area contributed by atoms with Gasteiger partial charge in [0.25, 0.3) is 0 Å². The molecule has 0 aliphatic rings. The lowest BCUT2D eigenvalue weighted by atomic mass is 9.95. The molecule has 1 atom stereocenters. The summed E-state index contributed by atoms with van der Waals surface area (Å²) in [4.78, 5) is 1.01. The Bertz CT molecular complexity index is 445. The third kappa shape index (κ3) is 2.73. The van der Waals surface area contributed by atoms with Crippen molar-refractivity contribution in [1.29, 1.82) is 0 Å². The molecule has 1 aromatic heterocycles. The van der Waals surface area contributed by atoms with Crippen LogP contribution in [0.3, 0.4) is 0 Å². The van der Waals surface area contributed by atoms with Gasteiger partial charge in [0.1, 0.15) is 0 Å². The molecule has 2 rings (SSSR count). The van der Waals surface area contributed by atoms with Crippen LogP contribution in [0, 0.1) is 0 Å². The Hall–Kier alpha value is -0.640. The van der Waals surface area contributed by atoms with Gasteiger partial charge in [-0.3, -0.25) is 0 Å². The predicted octanol–water partition coefficient (Wildman–Crippen LogP) is 3.96. The van der Waals surface area contributed by atoms with Crippen molar-refractivity contribution in [3.63, 3.8) is 0 Å². The zero-order chi connectivity index (χ0) is 11.6. The Morgan fingerprint density at radius 1 is 1.25 bits per heavy atom. The minimum absolute atomic E-state index is 0.640. The monoisotopic (exact) mass is 296 g/mol. The van der Waals surface area contributed by atoms with Crippen LogP contribution in [-0.2, 0) is 12.0 Å². The Kier molecular flexibility index (Phi) is 3.47. The van der Waals surface area contributed by atoms with Gasteiger partial charge in [0.05, 0.1) is 5.60 Å². The topological polar surface area (TPSA) is 20.2 Å². The number of benzene rings is 1. The molecule has 16 heavy (non-hydrogen) atoms. The lowest BCUT2D eigenvalue weighted by Gasteiger charge is -2.21. The average molecular weight is 297 g/mol. The molecule has 0 spiro atoms. The van der Waals surface area contributed by atoms with Gasteiger partial charge in [0.2, 0.25) is 0 Å². The van der Waals surface area contributed by atoms with Crippen LogP contribution in [0.25, 0.3) is 0 Å². The first-order chi connectivity index (χ1) is 7.58. The van der Waals surface area contributed by atoms with Crippen molar-refractivity contribution in [1.82, 2.24) is 0 Å². The molecule has 1 nitrogen and oxygen atoms in total. The van der Waals surface area contributed by atoms with E-state index >= 15 is 0 Å². The Morgan fingerprint density at radius 2 is 1.94 bits per heavy atom. The minimum Gasteiger partial charge on any atom is -0.384 e. The third-order valence-corrected chi connectivity index (χ3v) is 4.17. The standard InChI is InChI=1S/C13H13BrOS/c1-13(15,12-3-2-8-16-12)9-10-4-6-11(14)7-5-10/h2-8,15H,9H2,1H3. The molecule has 1 N–H and O–H groups in total. The first-order valence-electron chi connectivity index (χ1n) is 5.09. The fourth-order valence-corrected chi connectivity index (χ4v) is 2.72. The summed E-state index contributed by atoms with van der Waals surface area (Å²) in [6.45, 7) is 1.86.